The predicted octanol–water partition coefficient (Wildman–Crippen LogP) is 2.41. The fourth-order valence-corrected chi connectivity index (χ4v) is 3.29. The number of nitrogens with one attached hydrogen (secondary N) is 2. The number of rotatable bonds is 7. The van der Waals surface area contributed by atoms with Gasteiger partial charge in [-0.15, -0.1) is 0 Å². The van der Waals surface area contributed by atoms with Gasteiger partial charge in [-0.3, -0.25) is 14.5 Å². The first kappa shape index (κ1) is 16.3. The van der Waals surface area contributed by atoms with Crippen molar-refractivity contribution in [3.05, 3.63) is 60.0 Å². The van der Waals surface area contributed by atoms with Crippen molar-refractivity contribution in [3.8, 4) is 0 Å². The van der Waals surface area contributed by atoms with E-state index in [-0.39, 0.29) is 10.7 Å². The maximum Gasteiger partial charge on any atom is 0.266 e. The molecule has 0 bridgehead atoms. The zero-order valence-corrected chi connectivity index (χ0v) is 14.1. The van der Waals surface area contributed by atoms with Crippen molar-refractivity contribution in [1.29, 1.82) is 0 Å². The van der Waals surface area contributed by atoms with Crippen molar-refractivity contribution < 1.29 is 8.42 Å². The lowest BCUT2D eigenvalue weighted by molar-refractivity contribution is 0.600. The summed E-state index contributed by atoms with van der Waals surface area (Å²) >= 11 is 0. The second-order valence-corrected chi connectivity index (χ2v) is 7.18. The molecule has 0 spiro atoms. The number of H-pyrrole nitrogens is 1. The van der Waals surface area contributed by atoms with Crippen LogP contribution in [0, 0.1) is 0 Å². The Morgan fingerprint density at radius 3 is 2.79 bits per heavy atom. The van der Waals surface area contributed by atoms with Crippen LogP contribution in [-0.2, 0) is 23.0 Å². The summed E-state index contributed by atoms with van der Waals surface area (Å²) in [5, 5.41) is 10.9. The lowest BCUT2D eigenvalue weighted by Gasteiger charge is -2.02. The van der Waals surface area contributed by atoms with Crippen LogP contribution in [0.4, 0.5) is 5.82 Å². The largest absolute Gasteiger partial charge is 0.280 e. The first-order valence-electron chi connectivity index (χ1n) is 7.70. The fourth-order valence-electron chi connectivity index (χ4n) is 2.35. The van der Waals surface area contributed by atoms with Crippen molar-refractivity contribution >= 4 is 15.8 Å². The molecule has 0 aliphatic heterocycles. The summed E-state index contributed by atoms with van der Waals surface area (Å²) < 4.78 is 28.9. The summed E-state index contributed by atoms with van der Waals surface area (Å²) in [4.78, 5) is 0.110. The molecule has 0 amide bonds. The maximum atomic E-state index is 12.4. The monoisotopic (exact) mass is 345 g/mol. The number of hydrogen-bond acceptors (Lipinski definition) is 4. The van der Waals surface area contributed by atoms with E-state index in [1.165, 1.54) is 12.4 Å². The van der Waals surface area contributed by atoms with E-state index in [0.717, 1.165) is 24.1 Å². The highest BCUT2D eigenvalue weighted by atomic mass is 32.2. The summed E-state index contributed by atoms with van der Waals surface area (Å²) in [6.45, 7) is 2.56. The number of hydrogen-bond donors (Lipinski definition) is 2. The number of aromatic amines is 1. The number of aromatic nitrogens is 4. The van der Waals surface area contributed by atoms with Gasteiger partial charge in [0.2, 0.25) is 0 Å². The average molecular weight is 345 g/mol. The molecule has 24 heavy (non-hydrogen) atoms. The molecule has 8 heteroatoms. The number of nitrogens with zero attached hydrogens (tertiary/aromatic N) is 3. The quantitative estimate of drug-likeness (QED) is 0.688. The van der Waals surface area contributed by atoms with Gasteiger partial charge in [0, 0.05) is 18.0 Å². The number of sulfonamides is 1. The minimum Gasteiger partial charge on any atom is -0.280 e. The van der Waals surface area contributed by atoms with Crippen molar-refractivity contribution in [1.82, 2.24) is 20.0 Å². The Morgan fingerprint density at radius 2 is 2.04 bits per heavy atom. The van der Waals surface area contributed by atoms with E-state index in [4.69, 9.17) is 0 Å². The van der Waals surface area contributed by atoms with Gasteiger partial charge in [-0.25, -0.2) is 8.42 Å². The predicted molar refractivity (Wildman–Crippen MR) is 91.2 cm³/mol. The Hall–Kier alpha value is -2.61. The Bertz CT molecular complexity index is 899. The molecule has 3 rings (SSSR count). The standard InChI is InChI=1S/C16H19N5O2S/c1-2-6-14-9-16(19-18-14)20-24(22,23)15-10-17-21(12-15)11-13-7-4-3-5-8-13/h3-5,7-10,12H,2,6,11H2,1H3,(H2,18,19,20). The summed E-state index contributed by atoms with van der Waals surface area (Å²) in [7, 11) is -3.70. The van der Waals surface area contributed by atoms with Gasteiger partial charge in [0.1, 0.15) is 4.90 Å². The van der Waals surface area contributed by atoms with Crippen LogP contribution >= 0.6 is 0 Å². The fraction of sp³-hybridized carbons (Fsp3) is 0.250. The smallest absolute Gasteiger partial charge is 0.266 e. The number of aryl methyl sites for hydroxylation is 1. The van der Waals surface area contributed by atoms with Gasteiger partial charge in [0.25, 0.3) is 10.0 Å². The number of benzene rings is 1. The highest BCUT2D eigenvalue weighted by molar-refractivity contribution is 7.92. The summed E-state index contributed by atoms with van der Waals surface area (Å²) in [5.74, 6) is 0.286. The third-order valence-electron chi connectivity index (χ3n) is 3.50. The van der Waals surface area contributed by atoms with Crippen molar-refractivity contribution in [2.75, 3.05) is 4.72 Å². The van der Waals surface area contributed by atoms with Crippen LogP contribution in [0.2, 0.25) is 0 Å². The van der Waals surface area contributed by atoms with Gasteiger partial charge < -0.3 is 0 Å². The van der Waals surface area contributed by atoms with Crippen molar-refractivity contribution in [2.24, 2.45) is 0 Å². The molecule has 0 atom stereocenters. The van der Waals surface area contributed by atoms with Crippen LogP contribution in [0.25, 0.3) is 0 Å². The Labute approximate surface area is 140 Å². The molecular formula is C16H19N5O2S. The van der Waals surface area contributed by atoms with E-state index >= 15 is 0 Å². The molecule has 0 saturated carbocycles. The van der Waals surface area contributed by atoms with Crippen molar-refractivity contribution in [2.45, 2.75) is 31.2 Å². The molecule has 0 aliphatic carbocycles. The van der Waals surface area contributed by atoms with Crippen LogP contribution in [0.3, 0.4) is 0 Å². The van der Waals surface area contributed by atoms with E-state index in [9.17, 15) is 8.42 Å². The highest BCUT2D eigenvalue weighted by Gasteiger charge is 2.18. The zero-order valence-electron chi connectivity index (χ0n) is 13.3. The van der Waals surface area contributed by atoms with E-state index in [1.54, 1.807) is 10.7 Å². The highest BCUT2D eigenvalue weighted by Crippen LogP contribution is 2.15. The molecule has 0 radical (unpaired) electrons. The van der Waals surface area contributed by atoms with E-state index in [1.807, 2.05) is 37.3 Å². The minimum absolute atomic E-state index is 0.110. The first-order valence-corrected chi connectivity index (χ1v) is 9.18. The summed E-state index contributed by atoms with van der Waals surface area (Å²) in [6, 6.07) is 11.4. The maximum absolute atomic E-state index is 12.4. The van der Waals surface area contributed by atoms with Crippen LogP contribution < -0.4 is 4.72 Å². The third kappa shape index (κ3) is 3.83. The lowest BCUT2D eigenvalue weighted by Crippen LogP contribution is -2.12. The van der Waals surface area contributed by atoms with E-state index in [2.05, 4.69) is 20.0 Å². The SMILES string of the molecule is CCCc1cc(NS(=O)(=O)c2cnn(Cc3ccccc3)c2)n[nH]1. The molecule has 2 aromatic heterocycles. The average Bonchev–Trinajstić information content (AvgIpc) is 3.18. The Morgan fingerprint density at radius 1 is 1.25 bits per heavy atom. The molecule has 2 heterocycles. The molecule has 0 unspecified atom stereocenters. The summed E-state index contributed by atoms with van der Waals surface area (Å²) in [6.07, 6.45) is 4.63. The van der Waals surface area contributed by atoms with Crippen molar-refractivity contribution in [3.63, 3.8) is 0 Å². The van der Waals surface area contributed by atoms with Gasteiger partial charge in [-0.05, 0) is 12.0 Å². The Balaban J connectivity index is 1.72. The van der Waals surface area contributed by atoms with Crippen LogP contribution in [0.1, 0.15) is 24.6 Å². The number of anilines is 1. The minimum atomic E-state index is -3.70. The molecule has 0 aliphatic rings. The van der Waals surface area contributed by atoms with Crippen LogP contribution in [0.5, 0.6) is 0 Å². The zero-order chi connectivity index (χ0) is 17.0. The summed E-state index contributed by atoms with van der Waals surface area (Å²) in [5.41, 5.74) is 1.95. The third-order valence-corrected chi connectivity index (χ3v) is 4.81. The van der Waals surface area contributed by atoms with E-state index < -0.39 is 10.0 Å². The molecule has 1 aromatic carbocycles. The van der Waals surface area contributed by atoms with Crippen LogP contribution in [0.15, 0.2) is 53.7 Å². The second-order valence-electron chi connectivity index (χ2n) is 5.49. The Kier molecular flexibility index (Phi) is 4.66. The molecular weight excluding hydrogens is 326 g/mol. The normalized spacial score (nSPS) is 11.5. The molecule has 0 saturated heterocycles. The molecule has 0 fully saturated rings. The van der Waals surface area contributed by atoms with Gasteiger partial charge in [-0.1, -0.05) is 43.7 Å². The first-order chi connectivity index (χ1) is 11.6. The second kappa shape index (κ2) is 6.88. The molecule has 2 N–H and O–H groups in total. The van der Waals surface area contributed by atoms with Crippen LogP contribution in [-0.4, -0.2) is 28.4 Å². The molecule has 3 aromatic rings. The van der Waals surface area contributed by atoms with Gasteiger partial charge in [-0.2, -0.15) is 10.2 Å². The van der Waals surface area contributed by atoms with Gasteiger partial charge in [0.05, 0.1) is 12.7 Å². The van der Waals surface area contributed by atoms with Gasteiger partial charge >= 0.3 is 0 Å². The van der Waals surface area contributed by atoms with Gasteiger partial charge in [0.15, 0.2) is 5.82 Å². The molecule has 7 nitrogen and oxygen atoms in total. The van der Waals surface area contributed by atoms with E-state index in [0.29, 0.717) is 6.54 Å². The molecule has 126 valence electrons. The topological polar surface area (TPSA) is 92.7 Å². The lowest BCUT2D eigenvalue weighted by atomic mass is 10.2.